The van der Waals surface area contributed by atoms with Crippen molar-refractivity contribution in [2.75, 3.05) is 0 Å². The van der Waals surface area contributed by atoms with Crippen molar-refractivity contribution in [2.24, 2.45) is 0 Å². The second kappa shape index (κ2) is 7.34. The van der Waals surface area contributed by atoms with Crippen LogP contribution in [0.5, 0.6) is 11.5 Å². The molecule has 0 heterocycles. The fraction of sp³-hybridized carbons (Fsp3) is 0. The van der Waals surface area contributed by atoms with Gasteiger partial charge >= 0.3 is 0 Å². The molecule has 2 radical (unpaired) electrons. The van der Waals surface area contributed by atoms with Crippen LogP contribution in [0.3, 0.4) is 0 Å². The summed E-state index contributed by atoms with van der Waals surface area (Å²) in [6.07, 6.45) is 0. The molecule has 0 spiro atoms. The molecule has 2 aromatic carbocycles. The quantitative estimate of drug-likeness (QED) is 0.428. The summed E-state index contributed by atoms with van der Waals surface area (Å²) in [5.41, 5.74) is 0. The van der Waals surface area contributed by atoms with Gasteiger partial charge in [0.1, 0.15) is 21.3 Å². The molecule has 110 valence electrons. The molecular formula is C10H8Na2O8S2. The van der Waals surface area contributed by atoms with Crippen LogP contribution in [0.2, 0.25) is 0 Å². The van der Waals surface area contributed by atoms with Crippen LogP contribution in [-0.4, -0.2) is 95.3 Å². The molecule has 12 heteroatoms. The zero-order chi connectivity index (χ0) is 15.3. The smallest absolute Gasteiger partial charge is 0.298 e. The molecule has 2 rings (SSSR count). The van der Waals surface area contributed by atoms with E-state index in [0.717, 1.165) is 24.3 Å². The van der Waals surface area contributed by atoms with Crippen molar-refractivity contribution in [1.82, 2.24) is 0 Å². The largest absolute Gasteiger partial charge is 0.506 e. The first-order chi connectivity index (χ1) is 9.00. The summed E-state index contributed by atoms with van der Waals surface area (Å²) in [4.78, 5) is -1.64. The third kappa shape index (κ3) is 4.57. The number of phenolic OH excluding ortho intramolecular Hbond substituents is 2. The standard InChI is InChI=1S/C10H8O8S2.2Na/c11-7-1-5-2-8(12)10(20(16,17)18)4-6(5)3-9(7)19(13,14)15;;/h1-4,11-12H,(H,13,14,15)(H,16,17,18);;. The van der Waals surface area contributed by atoms with Crippen LogP contribution in [0.25, 0.3) is 10.8 Å². The molecule has 2 aromatic rings. The number of benzene rings is 2. The first-order valence-electron chi connectivity index (χ1n) is 4.95. The number of hydrogen-bond acceptors (Lipinski definition) is 6. The first-order valence-corrected chi connectivity index (χ1v) is 7.83. The van der Waals surface area contributed by atoms with Gasteiger partial charge in [-0.3, -0.25) is 9.11 Å². The number of hydrogen-bond donors (Lipinski definition) is 4. The van der Waals surface area contributed by atoms with E-state index in [2.05, 4.69) is 0 Å². The van der Waals surface area contributed by atoms with E-state index in [4.69, 9.17) is 9.11 Å². The molecule has 0 fully saturated rings. The Kier molecular flexibility index (Phi) is 7.38. The Bertz CT molecular complexity index is 849. The molecule has 22 heavy (non-hydrogen) atoms. The van der Waals surface area contributed by atoms with Crippen molar-refractivity contribution >= 4 is 90.1 Å². The molecule has 0 aliphatic heterocycles. The van der Waals surface area contributed by atoms with Crippen molar-refractivity contribution in [3.8, 4) is 11.5 Å². The first kappa shape index (κ1) is 22.1. The van der Waals surface area contributed by atoms with Crippen LogP contribution in [0.15, 0.2) is 34.1 Å². The molecule has 0 saturated carbocycles. The minimum Gasteiger partial charge on any atom is -0.506 e. The maximum atomic E-state index is 11.0. The van der Waals surface area contributed by atoms with E-state index in [1.807, 2.05) is 0 Å². The summed E-state index contributed by atoms with van der Waals surface area (Å²) in [7, 11) is -9.42. The van der Waals surface area contributed by atoms with Crippen LogP contribution in [0.4, 0.5) is 0 Å². The third-order valence-electron chi connectivity index (χ3n) is 2.55. The summed E-state index contributed by atoms with van der Waals surface area (Å²) < 4.78 is 61.9. The normalized spacial score (nSPS) is 11.5. The Morgan fingerprint density at radius 3 is 1.18 bits per heavy atom. The summed E-state index contributed by atoms with van der Waals surface area (Å²) in [5, 5.41) is 19.0. The minimum atomic E-state index is -4.71. The second-order valence-corrected chi connectivity index (χ2v) is 6.72. The van der Waals surface area contributed by atoms with Crippen LogP contribution in [0, 0.1) is 0 Å². The van der Waals surface area contributed by atoms with Crippen molar-refractivity contribution in [3.05, 3.63) is 24.3 Å². The number of fused-ring (bicyclic) bond motifs is 1. The van der Waals surface area contributed by atoms with Gasteiger partial charge in [0.2, 0.25) is 0 Å². The van der Waals surface area contributed by atoms with Gasteiger partial charge in [0.15, 0.2) is 0 Å². The maximum Gasteiger partial charge on any atom is 0.298 e. The zero-order valence-corrected chi connectivity index (χ0v) is 17.2. The monoisotopic (exact) mass is 366 g/mol. The number of phenols is 2. The molecule has 0 unspecified atom stereocenters. The second-order valence-electron chi connectivity index (χ2n) is 3.94. The van der Waals surface area contributed by atoms with Gasteiger partial charge in [0.25, 0.3) is 20.2 Å². The minimum absolute atomic E-state index is 0. The SMILES string of the molecule is O=S(=O)(O)c1cc2cc(S(=O)(=O)O)c(O)cc2cc1O.[Na].[Na]. The average molecular weight is 366 g/mol. The fourth-order valence-corrected chi connectivity index (χ4v) is 2.90. The predicted molar refractivity (Wildman–Crippen MR) is 78.4 cm³/mol. The number of rotatable bonds is 2. The Hall–Kier alpha value is 0.120. The van der Waals surface area contributed by atoms with E-state index in [0.29, 0.717) is 0 Å². The summed E-state index contributed by atoms with van der Waals surface area (Å²) in [6.45, 7) is 0. The van der Waals surface area contributed by atoms with E-state index < -0.39 is 41.5 Å². The summed E-state index contributed by atoms with van der Waals surface area (Å²) in [6, 6.07) is 3.47. The molecular weight excluding hydrogens is 358 g/mol. The van der Waals surface area contributed by atoms with E-state index >= 15 is 0 Å². The molecule has 4 N–H and O–H groups in total. The molecule has 0 saturated heterocycles. The molecule has 0 aliphatic rings. The molecule has 0 bridgehead atoms. The topological polar surface area (TPSA) is 149 Å². The Morgan fingerprint density at radius 2 is 0.909 bits per heavy atom. The third-order valence-corrected chi connectivity index (χ3v) is 4.32. The van der Waals surface area contributed by atoms with Crippen LogP contribution in [0.1, 0.15) is 0 Å². The van der Waals surface area contributed by atoms with Gasteiger partial charge in [0.05, 0.1) is 0 Å². The zero-order valence-electron chi connectivity index (χ0n) is 11.5. The van der Waals surface area contributed by atoms with E-state index in [9.17, 15) is 27.0 Å². The predicted octanol–water partition coefficient (Wildman–Crippen LogP) is -0.0172. The fourth-order valence-electron chi connectivity index (χ4n) is 1.70. The van der Waals surface area contributed by atoms with Crippen molar-refractivity contribution in [1.29, 1.82) is 0 Å². The van der Waals surface area contributed by atoms with Crippen LogP contribution < -0.4 is 0 Å². The van der Waals surface area contributed by atoms with Gasteiger partial charge in [-0.15, -0.1) is 0 Å². The Balaban J connectivity index is 0.00000220. The van der Waals surface area contributed by atoms with E-state index in [-0.39, 0.29) is 69.9 Å². The van der Waals surface area contributed by atoms with Crippen molar-refractivity contribution in [2.45, 2.75) is 9.79 Å². The Labute approximate surface area is 170 Å². The molecule has 0 atom stereocenters. The van der Waals surface area contributed by atoms with E-state index in [1.165, 1.54) is 0 Å². The van der Waals surface area contributed by atoms with Gasteiger partial charge in [-0.05, 0) is 35.0 Å². The summed E-state index contributed by atoms with van der Waals surface area (Å²) in [5.74, 6) is -1.53. The Morgan fingerprint density at radius 1 is 0.636 bits per heavy atom. The van der Waals surface area contributed by atoms with Crippen molar-refractivity contribution < 1.29 is 36.2 Å². The summed E-state index contributed by atoms with van der Waals surface area (Å²) >= 11 is 0. The maximum absolute atomic E-state index is 11.0. The number of aromatic hydroxyl groups is 2. The van der Waals surface area contributed by atoms with Gasteiger partial charge in [-0.25, -0.2) is 0 Å². The average Bonchev–Trinajstić information content (AvgIpc) is 2.24. The molecule has 0 aliphatic carbocycles. The molecule has 0 amide bonds. The van der Waals surface area contributed by atoms with E-state index in [1.54, 1.807) is 0 Å². The van der Waals surface area contributed by atoms with Crippen LogP contribution >= 0.6 is 0 Å². The van der Waals surface area contributed by atoms with Crippen LogP contribution in [-0.2, 0) is 20.2 Å². The molecule has 8 nitrogen and oxygen atoms in total. The van der Waals surface area contributed by atoms with Gasteiger partial charge < -0.3 is 10.2 Å². The molecule has 0 aromatic heterocycles. The van der Waals surface area contributed by atoms with Gasteiger partial charge in [-0.1, -0.05) is 0 Å². The van der Waals surface area contributed by atoms with Crippen molar-refractivity contribution in [3.63, 3.8) is 0 Å². The van der Waals surface area contributed by atoms with Gasteiger partial charge in [-0.2, -0.15) is 16.8 Å². The van der Waals surface area contributed by atoms with Gasteiger partial charge in [0, 0.05) is 59.1 Å².